The van der Waals surface area contributed by atoms with E-state index in [0.717, 1.165) is 11.8 Å². The Bertz CT molecular complexity index is 1140. The Balaban J connectivity index is 1.57. The van der Waals surface area contributed by atoms with Gasteiger partial charge in [0.15, 0.2) is 0 Å². The number of hydrogen-bond donors (Lipinski definition) is 2. The quantitative estimate of drug-likeness (QED) is 0.709. The number of aromatic nitrogens is 2. The van der Waals surface area contributed by atoms with E-state index in [1.807, 2.05) is 0 Å². The average Bonchev–Trinajstić information content (AvgIpc) is 3.09. The fourth-order valence-electron chi connectivity index (χ4n) is 4.17. The zero-order valence-corrected chi connectivity index (χ0v) is 17.6. The number of halogens is 1. The molecule has 2 N–H and O–H groups in total. The molecular formula is C22H23FN6O3. The summed E-state index contributed by atoms with van der Waals surface area (Å²) >= 11 is 0. The first-order valence-corrected chi connectivity index (χ1v) is 10.2. The van der Waals surface area contributed by atoms with Crippen molar-refractivity contribution in [2.75, 3.05) is 25.5 Å². The molecule has 32 heavy (non-hydrogen) atoms. The van der Waals surface area contributed by atoms with Crippen molar-refractivity contribution in [3.05, 3.63) is 59.2 Å². The number of nitrogens with one attached hydrogen (secondary N) is 1. The normalized spacial score (nSPS) is 18.8. The number of rotatable bonds is 3. The molecule has 3 amide bonds. The van der Waals surface area contributed by atoms with Gasteiger partial charge in [-0.05, 0) is 18.2 Å². The summed E-state index contributed by atoms with van der Waals surface area (Å²) in [4.78, 5) is 29.0. The zero-order valence-electron chi connectivity index (χ0n) is 17.6. The number of carbonyl (C=O) groups excluding carboxylic acids is 2. The van der Waals surface area contributed by atoms with Crippen LogP contribution < -0.4 is 5.32 Å². The highest BCUT2D eigenvalue weighted by atomic mass is 19.1. The molecule has 1 aromatic heterocycles. The third-order valence-corrected chi connectivity index (χ3v) is 5.92. The van der Waals surface area contributed by atoms with Gasteiger partial charge in [-0.1, -0.05) is 6.08 Å². The molecule has 3 heterocycles. The van der Waals surface area contributed by atoms with Gasteiger partial charge in [-0.15, -0.1) is 6.58 Å². The van der Waals surface area contributed by atoms with Crippen molar-refractivity contribution in [1.29, 1.82) is 5.26 Å². The molecule has 4 rings (SSSR count). The zero-order chi connectivity index (χ0) is 23.0. The van der Waals surface area contributed by atoms with E-state index in [1.54, 1.807) is 27.6 Å². The first kappa shape index (κ1) is 21.5. The smallest absolute Gasteiger partial charge is 0.322 e. The third-order valence-electron chi connectivity index (χ3n) is 5.92. The van der Waals surface area contributed by atoms with Crippen LogP contribution in [0.15, 0.2) is 30.9 Å². The lowest BCUT2D eigenvalue weighted by molar-refractivity contribution is 0.0725. The summed E-state index contributed by atoms with van der Waals surface area (Å²) in [6, 6.07) is 5.12. The Labute approximate surface area is 184 Å². The van der Waals surface area contributed by atoms with Crippen LogP contribution >= 0.6 is 0 Å². The van der Waals surface area contributed by atoms with E-state index in [9.17, 15) is 19.1 Å². The Morgan fingerprint density at radius 3 is 2.97 bits per heavy atom. The molecule has 2 aliphatic heterocycles. The van der Waals surface area contributed by atoms with Crippen LogP contribution in [0, 0.1) is 23.1 Å². The molecule has 2 aliphatic rings. The minimum Gasteiger partial charge on any atom is -0.389 e. The summed E-state index contributed by atoms with van der Waals surface area (Å²) in [6.45, 7) is 4.95. The predicted octanol–water partition coefficient (Wildman–Crippen LogP) is 1.73. The fraction of sp³-hybridized carbons (Fsp3) is 0.364. The van der Waals surface area contributed by atoms with E-state index >= 15 is 0 Å². The molecule has 166 valence electrons. The van der Waals surface area contributed by atoms with E-state index < -0.39 is 18.0 Å². The summed E-state index contributed by atoms with van der Waals surface area (Å²) in [5.41, 5.74) is 2.02. The van der Waals surface area contributed by atoms with Crippen LogP contribution in [0.5, 0.6) is 0 Å². The number of anilines is 1. The van der Waals surface area contributed by atoms with Gasteiger partial charge in [-0.3, -0.25) is 9.48 Å². The van der Waals surface area contributed by atoms with Crippen molar-refractivity contribution >= 4 is 17.6 Å². The van der Waals surface area contributed by atoms with Gasteiger partial charge in [0.25, 0.3) is 5.91 Å². The van der Waals surface area contributed by atoms with Crippen LogP contribution in [0.3, 0.4) is 0 Å². The molecule has 0 aliphatic carbocycles. The highest BCUT2D eigenvalue weighted by molar-refractivity contribution is 5.95. The van der Waals surface area contributed by atoms with Gasteiger partial charge < -0.3 is 20.2 Å². The molecule has 10 heteroatoms. The molecule has 1 unspecified atom stereocenters. The monoisotopic (exact) mass is 438 g/mol. The number of nitriles is 1. The number of carbonyl (C=O) groups is 2. The number of hydrogen-bond acceptors (Lipinski definition) is 5. The molecule has 2 aromatic rings. The summed E-state index contributed by atoms with van der Waals surface area (Å²) in [5, 5.41) is 26.5. The van der Waals surface area contributed by atoms with E-state index in [2.05, 4.69) is 17.0 Å². The van der Waals surface area contributed by atoms with Crippen LogP contribution in [-0.4, -0.2) is 62.9 Å². The second-order valence-corrected chi connectivity index (χ2v) is 8.04. The van der Waals surface area contributed by atoms with Crippen LogP contribution in [0.1, 0.15) is 27.3 Å². The average molecular weight is 438 g/mol. The van der Waals surface area contributed by atoms with Gasteiger partial charge >= 0.3 is 6.03 Å². The number of nitrogens with zero attached hydrogens (tertiary/aromatic N) is 5. The number of aliphatic hydroxyl groups is 1. The molecule has 0 radical (unpaired) electrons. The highest BCUT2D eigenvalue weighted by Gasteiger charge is 2.36. The number of fused-ring (bicyclic) bond motifs is 3. The van der Waals surface area contributed by atoms with E-state index in [-0.39, 0.29) is 23.9 Å². The number of aliphatic hydroxyl groups excluding tert-OH is 1. The molecule has 0 fully saturated rings. The van der Waals surface area contributed by atoms with E-state index in [1.165, 1.54) is 18.2 Å². The number of amides is 3. The van der Waals surface area contributed by atoms with E-state index in [0.29, 0.717) is 43.0 Å². The lowest BCUT2D eigenvalue weighted by Gasteiger charge is -2.27. The topological polar surface area (TPSA) is 114 Å². The number of urea groups is 1. The lowest BCUT2D eigenvalue weighted by atomic mass is 10.0. The largest absolute Gasteiger partial charge is 0.389 e. The number of benzene rings is 1. The van der Waals surface area contributed by atoms with Gasteiger partial charge in [-0.25, -0.2) is 9.18 Å². The van der Waals surface area contributed by atoms with Gasteiger partial charge in [0.2, 0.25) is 0 Å². The van der Waals surface area contributed by atoms with Gasteiger partial charge in [0.05, 0.1) is 23.9 Å². The highest BCUT2D eigenvalue weighted by Crippen LogP contribution is 2.28. The van der Waals surface area contributed by atoms with E-state index in [4.69, 9.17) is 5.26 Å². The molecule has 1 aromatic carbocycles. The maximum absolute atomic E-state index is 13.5. The summed E-state index contributed by atoms with van der Waals surface area (Å²) < 4.78 is 15.2. The van der Waals surface area contributed by atoms with Crippen molar-refractivity contribution in [3.63, 3.8) is 0 Å². The Morgan fingerprint density at radius 1 is 1.47 bits per heavy atom. The second kappa shape index (κ2) is 8.43. The fourth-order valence-corrected chi connectivity index (χ4v) is 4.17. The van der Waals surface area contributed by atoms with Gasteiger partial charge in [0, 0.05) is 50.3 Å². The summed E-state index contributed by atoms with van der Waals surface area (Å²) in [6.07, 6.45) is 1.16. The molecule has 0 saturated heterocycles. The Kier molecular flexibility index (Phi) is 5.67. The van der Waals surface area contributed by atoms with Crippen LogP contribution in [0.25, 0.3) is 0 Å². The summed E-state index contributed by atoms with van der Waals surface area (Å²) in [7, 11) is 1.68. The Morgan fingerprint density at radius 2 is 2.25 bits per heavy atom. The molecular weight excluding hydrogens is 415 g/mol. The maximum atomic E-state index is 13.5. The van der Waals surface area contributed by atoms with Crippen molar-refractivity contribution < 1.29 is 19.1 Å². The minimum atomic E-state index is -0.770. The Hall–Kier alpha value is -3.71. The van der Waals surface area contributed by atoms with Crippen molar-refractivity contribution in [1.82, 2.24) is 19.6 Å². The molecule has 0 spiro atoms. The summed E-state index contributed by atoms with van der Waals surface area (Å²) in [5.74, 6) is -1.11. The van der Waals surface area contributed by atoms with Crippen molar-refractivity contribution in [2.45, 2.75) is 25.6 Å². The minimum absolute atomic E-state index is 0.157. The second-order valence-electron chi connectivity index (χ2n) is 8.04. The van der Waals surface area contributed by atoms with Crippen LogP contribution in [-0.2, 0) is 19.5 Å². The van der Waals surface area contributed by atoms with Crippen molar-refractivity contribution in [2.24, 2.45) is 5.92 Å². The standard InChI is InChI=1S/C22H23FN6O3/c1-3-19(30)14-10-27(2)21(31)20-16-12-28(7-6-18(16)26-29(20)11-14)22(32)25-15-4-5-17(23)13(8-15)9-24/h3-5,8,14,19,30H,1,6-7,10-12H2,2H3,(H,25,32)/t14-,19?/m0/s1. The maximum Gasteiger partial charge on any atom is 0.322 e. The first-order valence-electron chi connectivity index (χ1n) is 10.2. The van der Waals surface area contributed by atoms with Gasteiger partial charge in [0.1, 0.15) is 17.6 Å². The molecule has 0 saturated carbocycles. The predicted molar refractivity (Wildman–Crippen MR) is 113 cm³/mol. The molecule has 0 bridgehead atoms. The first-order chi connectivity index (χ1) is 15.3. The third kappa shape index (κ3) is 3.83. The van der Waals surface area contributed by atoms with Crippen LogP contribution in [0.4, 0.5) is 14.9 Å². The van der Waals surface area contributed by atoms with Gasteiger partial charge in [-0.2, -0.15) is 10.4 Å². The molecule has 9 nitrogen and oxygen atoms in total. The van der Waals surface area contributed by atoms with Crippen molar-refractivity contribution in [3.8, 4) is 6.07 Å². The lowest BCUT2D eigenvalue weighted by Crippen LogP contribution is -2.40. The SMILES string of the molecule is C=CC(O)[C@H]1CN(C)C(=O)c2c3c(nn2C1)CCN(C(=O)Nc1ccc(F)c(C#N)c1)C3. The van der Waals surface area contributed by atoms with Crippen LogP contribution in [0.2, 0.25) is 0 Å². The molecule has 2 atom stereocenters.